The fourth-order valence-electron chi connectivity index (χ4n) is 3.26. The molecule has 1 aliphatic carbocycles. The normalized spacial score (nSPS) is 15.0. The van der Waals surface area contributed by atoms with E-state index in [9.17, 15) is 14.7 Å². The SMILES string of the molecule is CCN(C(=O)COC(=O)C=Cc1ccc(O)c(OC)c1)C1CCCCC1. The van der Waals surface area contributed by atoms with Crippen LogP contribution in [-0.2, 0) is 14.3 Å². The number of amides is 1. The smallest absolute Gasteiger partial charge is 0.331 e. The maximum absolute atomic E-state index is 12.4. The van der Waals surface area contributed by atoms with Gasteiger partial charge in [-0.2, -0.15) is 0 Å². The number of phenols is 1. The zero-order valence-corrected chi connectivity index (χ0v) is 15.4. The molecular weight excluding hydrogens is 334 g/mol. The standard InChI is InChI=1S/C20H27NO5/c1-3-21(16-7-5-4-6-8-16)19(23)14-26-20(24)12-10-15-9-11-17(22)18(13-15)25-2/h9-13,16,22H,3-8,14H2,1-2H3. The molecule has 1 N–H and O–H groups in total. The van der Waals surface area contributed by atoms with E-state index < -0.39 is 5.97 Å². The first-order valence-electron chi connectivity index (χ1n) is 9.06. The molecule has 142 valence electrons. The monoisotopic (exact) mass is 361 g/mol. The Balaban J connectivity index is 1.86. The Hall–Kier alpha value is -2.50. The molecule has 0 aromatic heterocycles. The third kappa shape index (κ3) is 5.51. The van der Waals surface area contributed by atoms with Gasteiger partial charge < -0.3 is 19.5 Å². The largest absolute Gasteiger partial charge is 0.504 e. The number of aromatic hydroxyl groups is 1. The Morgan fingerprint density at radius 1 is 1.27 bits per heavy atom. The maximum atomic E-state index is 12.4. The zero-order chi connectivity index (χ0) is 18.9. The van der Waals surface area contributed by atoms with Crippen molar-refractivity contribution in [2.24, 2.45) is 0 Å². The van der Waals surface area contributed by atoms with Crippen molar-refractivity contribution >= 4 is 18.0 Å². The number of methoxy groups -OCH3 is 1. The minimum Gasteiger partial charge on any atom is -0.504 e. The third-order valence-electron chi connectivity index (χ3n) is 4.63. The number of carbonyl (C=O) groups excluding carboxylic acids is 2. The number of phenolic OH excluding ortho intramolecular Hbond substituents is 1. The number of carbonyl (C=O) groups is 2. The Bertz CT molecular complexity index is 650. The van der Waals surface area contributed by atoms with E-state index in [4.69, 9.17) is 9.47 Å². The quantitative estimate of drug-likeness (QED) is 0.596. The average Bonchev–Trinajstić information content (AvgIpc) is 2.67. The van der Waals surface area contributed by atoms with Crippen LogP contribution in [-0.4, -0.2) is 48.2 Å². The predicted molar refractivity (Wildman–Crippen MR) is 98.9 cm³/mol. The van der Waals surface area contributed by atoms with Crippen LogP contribution in [0.4, 0.5) is 0 Å². The summed E-state index contributed by atoms with van der Waals surface area (Å²) >= 11 is 0. The lowest BCUT2D eigenvalue weighted by Gasteiger charge is -2.33. The first kappa shape index (κ1) is 19.8. The molecule has 6 nitrogen and oxygen atoms in total. The van der Waals surface area contributed by atoms with Crippen molar-refractivity contribution in [2.75, 3.05) is 20.3 Å². The summed E-state index contributed by atoms with van der Waals surface area (Å²) in [5, 5.41) is 9.56. The van der Waals surface area contributed by atoms with Gasteiger partial charge in [-0.25, -0.2) is 4.79 Å². The first-order chi connectivity index (χ1) is 12.5. The lowest BCUT2D eigenvalue weighted by atomic mass is 9.94. The first-order valence-corrected chi connectivity index (χ1v) is 9.06. The van der Waals surface area contributed by atoms with Crippen molar-refractivity contribution in [1.82, 2.24) is 4.90 Å². The van der Waals surface area contributed by atoms with Gasteiger partial charge in [0.25, 0.3) is 5.91 Å². The van der Waals surface area contributed by atoms with Crippen LogP contribution in [0, 0.1) is 0 Å². The number of likely N-dealkylation sites (N-methyl/N-ethyl adjacent to an activating group) is 1. The van der Waals surface area contributed by atoms with Crippen molar-refractivity contribution in [1.29, 1.82) is 0 Å². The molecule has 1 saturated carbocycles. The number of esters is 1. The van der Waals surface area contributed by atoms with Crippen molar-refractivity contribution < 1.29 is 24.2 Å². The van der Waals surface area contributed by atoms with Gasteiger partial charge in [0.15, 0.2) is 18.1 Å². The fraction of sp³-hybridized carbons (Fsp3) is 0.500. The lowest BCUT2D eigenvalue weighted by Crippen LogP contribution is -2.43. The Morgan fingerprint density at radius 2 is 2.00 bits per heavy atom. The molecule has 0 saturated heterocycles. The highest BCUT2D eigenvalue weighted by Crippen LogP contribution is 2.26. The summed E-state index contributed by atoms with van der Waals surface area (Å²) in [5.41, 5.74) is 0.681. The Kier molecular flexibility index (Phi) is 7.51. The molecule has 0 spiro atoms. The lowest BCUT2D eigenvalue weighted by molar-refractivity contribution is -0.149. The summed E-state index contributed by atoms with van der Waals surface area (Å²) in [6.07, 6.45) is 8.37. The van der Waals surface area contributed by atoms with Crippen LogP contribution in [0.15, 0.2) is 24.3 Å². The molecule has 0 heterocycles. The van der Waals surface area contributed by atoms with Crippen LogP contribution in [0.2, 0.25) is 0 Å². The summed E-state index contributed by atoms with van der Waals surface area (Å²) in [5.74, 6) is -0.375. The molecule has 0 aliphatic heterocycles. The fourth-order valence-corrected chi connectivity index (χ4v) is 3.26. The molecule has 1 aliphatic rings. The van der Waals surface area contributed by atoms with Crippen LogP contribution < -0.4 is 4.74 Å². The average molecular weight is 361 g/mol. The van der Waals surface area contributed by atoms with E-state index >= 15 is 0 Å². The summed E-state index contributed by atoms with van der Waals surface area (Å²) in [6.45, 7) is 2.34. The Labute approximate surface area is 154 Å². The maximum Gasteiger partial charge on any atom is 0.331 e. The summed E-state index contributed by atoms with van der Waals surface area (Å²) in [7, 11) is 1.45. The summed E-state index contributed by atoms with van der Waals surface area (Å²) in [4.78, 5) is 26.0. The van der Waals surface area contributed by atoms with E-state index in [-0.39, 0.29) is 24.3 Å². The second kappa shape index (κ2) is 9.85. The molecule has 1 fully saturated rings. The van der Waals surface area contributed by atoms with Gasteiger partial charge in [0.2, 0.25) is 0 Å². The van der Waals surface area contributed by atoms with Gasteiger partial charge in [0, 0.05) is 18.7 Å². The van der Waals surface area contributed by atoms with E-state index in [0.717, 1.165) is 25.7 Å². The molecule has 1 amide bonds. The summed E-state index contributed by atoms with van der Waals surface area (Å²) in [6, 6.07) is 5.00. The van der Waals surface area contributed by atoms with E-state index in [2.05, 4.69) is 0 Å². The second-order valence-corrected chi connectivity index (χ2v) is 6.34. The van der Waals surface area contributed by atoms with E-state index in [1.165, 1.54) is 25.7 Å². The van der Waals surface area contributed by atoms with Gasteiger partial charge >= 0.3 is 5.97 Å². The van der Waals surface area contributed by atoms with Crippen molar-refractivity contribution in [3.05, 3.63) is 29.8 Å². The predicted octanol–water partition coefficient (Wildman–Crippen LogP) is 3.14. The molecular formula is C20H27NO5. The van der Waals surface area contributed by atoms with E-state index in [1.807, 2.05) is 11.8 Å². The van der Waals surface area contributed by atoms with Crippen molar-refractivity contribution in [3.8, 4) is 11.5 Å². The van der Waals surface area contributed by atoms with Crippen LogP contribution in [0.25, 0.3) is 6.08 Å². The number of rotatable bonds is 7. The van der Waals surface area contributed by atoms with Gasteiger partial charge in [-0.3, -0.25) is 4.79 Å². The number of hydrogen-bond acceptors (Lipinski definition) is 5. The number of ether oxygens (including phenoxy) is 2. The Morgan fingerprint density at radius 3 is 2.65 bits per heavy atom. The molecule has 0 radical (unpaired) electrons. The minimum absolute atomic E-state index is 0.0280. The summed E-state index contributed by atoms with van der Waals surface area (Å²) < 4.78 is 10.1. The van der Waals surface area contributed by atoms with Crippen LogP contribution in [0.3, 0.4) is 0 Å². The number of benzene rings is 1. The minimum atomic E-state index is -0.579. The number of hydrogen-bond donors (Lipinski definition) is 1. The topological polar surface area (TPSA) is 76.1 Å². The highest BCUT2D eigenvalue weighted by atomic mass is 16.5. The van der Waals surface area contributed by atoms with Crippen molar-refractivity contribution in [3.63, 3.8) is 0 Å². The molecule has 0 bridgehead atoms. The molecule has 2 rings (SSSR count). The van der Waals surface area contributed by atoms with Gasteiger partial charge in [-0.05, 0) is 43.5 Å². The van der Waals surface area contributed by atoms with Gasteiger partial charge in [-0.1, -0.05) is 25.3 Å². The molecule has 0 unspecified atom stereocenters. The third-order valence-corrected chi connectivity index (χ3v) is 4.63. The van der Waals surface area contributed by atoms with E-state index in [1.54, 1.807) is 18.2 Å². The molecule has 6 heteroatoms. The zero-order valence-electron chi connectivity index (χ0n) is 15.4. The number of nitrogens with zero attached hydrogens (tertiary/aromatic N) is 1. The van der Waals surface area contributed by atoms with Crippen LogP contribution in [0.5, 0.6) is 11.5 Å². The molecule has 0 atom stereocenters. The second-order valence-electron chi connectivity index (χ2n) is 6.34. The molecule has 26 heavy (non-hydrogen) atoms. The molecule has 1 aromatic carbocycles. The van der Waals surface area contributed by atoms with Crippen molar-refractivity contribution in [2.45, 2.75) is 45.1 Å². The molecule has 1 aromatic rings. The van der Waals surface area contributed by atoms with Gasteiger partial charge in [0.1, 0.15) is 0 Å². The van der Waals surface area contributed by atoms with Crippen LogP contribution in [0.1, 0.15) is 44.6 Å². The van der Waals surface area contributed by atoms with Gasteiger partial charge in [-0.15, -0.1) is 0 Å². The van der Waals surface area contributed by atoms with E-state index in [0.29, 0.717) is 17.9 Å². The van der Waals surface area contributed by atoms with Gasteiger partial charge in [0.05, 0.1) is 7.11 Å². The highest BCUT2D eigenvalue weighted by Gasteiger charge is 2.24. The highest BCUT2D eigenvalue weighted by molar-refractivity contribution is 5.89. The van der Waals surface area contributed by atoms with Crippen LogP contribution >= 0.6 is 0 Å².